The maximum Gasteiger partial charge on any atom is 0.243 e. The van der Waals surface area contributed by atoms with Gasteiger partial charge in [-0.2, -0.15) is 0 Å². The van der Waals surface area contributed by atoms with Crippen LogP contribution >= 0.6 is 0 Å². The van der Waals surface area contributed by atoms with E-state index < -0.39 is 6.04 Å². The molecule has 7 nitrogen and oxygen atoms in total. The van der Waals surface area contributed by atoms with Crippen molar-refractivity contribution in [3.05, 3.63) is 89.5 Å². The number of carbonyl (C=O) groups excluding carboxylic acids is 2. The second kappa shape index (κ2) is 14.7. The molecule has 1 N–H and O–H groups in total. The number of ether oxygens (including phenoxy) is 3. The number of carbonyl (C=O) groups is 2. The highest BCUT2D eigenvalue weighted by Crippen LogP contribution is 2.28. The molecule has 0 bridgehead atoms. The molecule has 0 heterocycles. The van der Waals surface area contributed by atoms with Crippen molar-refractivity contribution >= 4 is 11.8 Å². The summed E-state index contributed by atoms with van der Waals surface area (Å²) in [5, 5.41) is 3.05. The normalized spacial score (nSPS) is 11.4. The van der Waals surface area contributed by atoms with Gasteiger partial charge in [-0.3, -0.25) is 9.59 Å². The Labute approximate surface area is 225 Å². The second-order valence-corrected chi connectivity index (χ2v) is 9.09. The van der Waals surface area contributed by atoms with Gasteiger partial charge in [0.05, 0.1) is 27.8 Å². The van der Waals surface area contributed by atoms with Crippen LogP contribution in [0, 0.1) is 0 Å². The molecule has 0 fully saturated rings. The molecule has 1 atom stereocenters. The number of nitrogens with one attached hydrogen (secondary N) is 1. The van der Waals surface area contributed by atoms with Crippen LogP contribution in [0.3, 0.4) is 0 Å². The van der Waals surface area contributed by atoms with E-state index in [1.54, 1.807) is 38.4 Å². The van der Waals surface area contributed by atoms with E-state index >= 15 is 0 Å². The third-order valence-electron chi connectivity index (χ3n) is 6.42. The molecule has 3 aromatic carbocycles. The number of hydrogen-bond acceptors (Lipinski definition) is 5. The van der Waals surface area contributed by atoms with E-state index in [0.717, 1.165) is 35.3 Å². The zero-order valence-electron chi connectivity index (χ0n) is 22.7. The molecule has 0 unspecified atom stereocenters. The lowest BCUT2D eigenvalue weighted by atomic mass is 10.0. The van der Waals surface area contributed by atoms with Crippen molar-refractivity contribution in [2.75, 3.05) is 27.9 Å². The highest BCUT2D eigenvalue weighted by Gasteiger charge is 2.30. The van der Waals surface area contributed by atoms with Gasteiger partial charge in [0.15, 0.2) is 11.5 Å². The fraction of sp³-hybridized carbons (Fsp3) is 0.355. The lowest BCUT2D eigenvalue weighted by Gasteiger charge is -2.32. The highest BCUT2D eigenvalue weighted by molar-refractivity contribution is 5.88. The summed E-state index contributed by atoms with van der Waals surface area (Å²) in [5.41, 5.74) is 2.67. The van der Waals surface area contributed by atoms with Gasteiger partial charge in [0, 0.05) is 19.5 Å². The van der Waals surface area contributed by atoms with E-state index in [-0.39, 0.29) is 24.8 Å². The van der Waals surface area contributed by atoms with Gasteiger partial charge >= 0.3 is 0 Å². The maximum absolute atomic E-state index is 13.9. The van der Waals surface area contributed by atoms with Crippen LogP contribution in [0.1, 0.15) is 36.5 Å². The number of rotatable bonds is 14. The molecule has 3 rings (SSSR count). The fourth-order valence-electron chi connectivity index (χ4n) is 4.25. The van der Waals surface area contributed by atoms with E-state index in [2.05, 4.69) is 12.2 Å². The van der Waals surface area contributed by atoms with Crippen molar-refractivity contribution in [3.8, 4) is 17.2 Å². The molecule has 3 aromatic rings. The Kier molecular flexibility index (Phi) is 11.0. The number of methoxy groups -OCH3 is 3. The summed E-state index contributed by atoms with van der Waals surface area (Å²) in [5.74, 6) is 1.57. The number of benzene rings is 3. The van der Waals surface area contributed by atoms with Crippen LogP contribution in [-0.4, -0.2) is 50.6 Å². The molecule has 0 radical (unpaired) electrons. The van der Waals surface area contributed by atoms with Crippen LogP contribution in [0.25, 0.3) is 0 Å². The number of hydrogen-bond donors (Lipinski definition) is 1. The predicted octanol–water partition coefficient (Wildman–Crippen LogP) is 4.81. The lowest BCUT2D eigenvalue weighted by Crippen LogP contribution is -2.51. The molecule has 0 saturated carbocycles. The van der Waals surface area contributed by atoms with Crippen molar-refractivity contribution in [2.24, 2.45) is 0 Å². The monoisotopic (exact) mass is 518 g/mol. The zero-order valence-corrected chi connectivity index (χ0v) is 22.7. The van der Waals surface area contributed by atoms with Crippen LogP contribution in [0.5, 0.6) is 17.2 Å². The van der Waals surface area contributed by atoms with Crippen molar-refractivity contribution in [1.82, 2.24) is 10.2 Å². The van der Waals surface area contributed by atoms with Gasteiger partial charge in [0.2, 0.25) is 11.8 Å². The van der Waals surface area contributed by atoms with E-state index in [1.165, 1.54) is 0 Å². The molecule has 0 aromatic heterocycles. The largest absolute Gasteiger partial charge is 0.497 e. The Hall–Kier alpha value is -4.00. The minimum Gasteiger partial charge on any atom is -0.497 e. The Morgan fingerprint density at radius 3 is 2.13 bits per heavy atom. The topological polar surface area (TPSA) is 77.1 Å². The summed E-state index contributed by atoms with van der Waals surface area (Å²) < 4.78 is 16.1. The highest BCUT2D eigenvalue weighted by atomic mass is 16.5. The minimum absolute atomic E-state index is 0.115. The molecule has 0 aliphatic heterocycles. The molecule has 0 saturated heterocycles. The molecule has 202 valence electrons. The van der Waals surface area contributed by atoms with Crippen molar-refractivity contribution in [1.29, 1.82) is 0 Å². The van der Waals surface area contributed by atoms with Crippen LogP contribution in [0.4, 0.5) is 0 Å². The van der Waals surface area contributed by atoms with Crippen LogP contribution < -0.4 is 19.5 Å². The first kappa shape index (κ1) is 28.6. The number of unbranched alkanes of at least 4 members (excludes halogenated alkanes) is 1. The first-order valence-corrected chi connectivity index (χ1v) is 12.9. The lowest BCUT2D eigenvalue weighted by molar-refractivity contribution is -0.140. The third-order valence-corrected chi connectivity index (χ3v) is 6.42. The number of amides is 2. The smallest absolute Gasteiger partial charge is 0.243 e. The molecule has 0 spiro atoms. The van der Waals surface area contributed by atoms with Crippen LogP contribution in [-0.2, 0) is 29.0 Å². The number of nitrogens with zero attached hydrogens (tertiary/aromatic N) is 1. The molecular formula is C31H38N2O5. The molecule has 7 heteroatoms. The van der Waals surface area contributed by atoms with Gasteiger partial charge < -0.3 is 24.4 Å². The molecule has 38 heavy (non-hydrogen) atoms. The Morgan fingerprint density at radius 1 is 0.816 bits per heavy atom. The molecule has 2 amide bonds. The molecule has 0 aliphatic rings. The van der Waals surface area contributed by atoms with E-state index in [0.29, 0.717) is 24.5 Å². The van der Waals surface area contributed by atoms with Crippen molar-refractivity contribution in [3.63, 3.8) is 0 Å². The van der Waals surface area contributed by atoms with Gasteiger partial charge in [-0.15, -0.1) is 0 Å². The van der Waals surface area contributed by atoms with Gasteiger partial charge in [0.1, 0.15) is 11.8 Å². The summed E-state index contributed by atoms with van der Waals surface area (Å²) in [7, 11) is 4.76. The SMILES string of the molecule is CCCCNC(=O)[C@H](Cc1ccccc1)N(Cc1ccc(OC)cc1)C(=O)Cc1ccc(OC)c(OC)c1. The van der Waals surface area contributed by atoms with Crippen LogP contribution in [0.15, 0.2) is 72.8 Å². The summed E-state index contributed by atoms with van der Waals surface area (Å²) in [4.78, 5) is 29.1. The van der Waals surface area contributed by atoms with Crippen molar-refractivity contribution in [2.45, 2.75) is 45.2 Å². The van der Waals surface area contributed by atoms with Crippen LogP contribution in [0.2, 0.25) is 0 Å². The summed E-state index contributed by atoms with van der Waals surface area (Å²) in [6.45, 7) is 2.94. The zero-order chi connectivity index (χ0) is 27.3. The average molecular weight is 519 g/mol. The summed E-state index contributed by atoms with van der Waals surface area (Å²) >= 11 is 0. The Morgan fingerprint density at radius 2 is 1.50 bits per heavy atom. The first-order chi connectivity index (χ1) is 18.5. The van der Waals surface area contributed by atoms with E-state index in [1.807, 2.05) is 60.7 Å². The standard InChI is InChI=1S/C31H38N2O5/c1-5-6-18-32-31(35)27(19-23-10-8-7-9-11-23)33(22-24-12-15-26(36-2)16-13-24)30(34)21-25-14-17-28(37-3)29(20-25)38-4/h7-17,20,27H,5-6,18-19,21-22H2,1-4H3,(H,32,35)/t27-/m0/s1. The average Bonchev–Trinajstić information content (AvgIpc) is 2.95. The van der Waals surface area contributed by atoms with Gasteiger partial charge in [-0.25, -0.2) is 0 Å². The van der Waals surface area contributed by atoms with Gasteiger partial charge in [0.25, 0.3) is 0 Å². The van der Waals surface area contributed by atoms with Crippen molar-refractivity contribution < 1.29 is 23.8 Å². The predicted molar refractivity (Wildman–Crippen MR) is 149 cm³/mol. The maximum atomic E-state index is 13.9. The van der Waals surface area contributed by atoms with E-state index in [9.17, 15) is 9.59 Å². The minimum atomic E-state index is -0.677. The fourth-order valence-corrected chi connectivity index (χ4v) is 4.25. The van der Waals surface area contributed by atoms with Gasteiger partial charge in [-0.05, 0) is 47.4 Å². The first-order valence-electron chi connectivity index (χ1n) is 12.9. The Bertz CT molecular complexity index is 1160. The molecule has 0 aliphatic carbocycles. The quantitative estimate of drug-likeness (QED) is 0.310. The van der Waals surface area contributed by atoms with Gasteiger partial charge in [-0.1, -0.05) is 61.9 Å². The third kappa shape index (κ3) is 8.00. The summed E-state index contributed by atoms with van der Waals surface area (Å²) in [6.07, 6.45) is 2.37. The molecular weight excluding hydrogens is 480 g/mol. The van der Waals surface area contributed by atoms with E-state index in [4.69, 9.17) is 14.2 Å². The Balaban J connectivity index is 1.96. The second-order valence-electron chi connectivity index (χ2n) is 9.09. The summed E-state index contributed by atoms with van der Waals surface area (Å²) in [6, 6.07) is 22.1.